The highest BCUT2D eigenvalue weighted by Gasteiger charge is 2.01. The van der Waals surface area contributed by atoms with Crippen molar-refractivity contribution in [1.29, 1.82) is 0 Å². The third-order valence-corrected chi connectivity index (χ3v) is 3.18. The van der Waals surface area contributed by atoms with Gasteiger partial charge in [-0.2, -0.15) is 5.10 Å². The number of nitrogens with zero attached hydrogens (tertiary/aromatic N) is 2. The van der Waals surface area contributed by atoms with E-state index in [9.17, 15) is 4.79 Å². The van der Waals surface area contributed by atoms with Crippen molar-refractivity contribution >= 4 is 28.6 Å². The number of carbonyl (C=O) groups is 1. The van der Waals surface area contributed by atoms with Gasteiger partial charge in [0.05, 0.1) is 11.0 Å². The number of para-hydroxylation sites is 3. The molecular weight excluding hydrogens is 304 g/mol. The summed E-state index contributed by atoms with van der Waals surface area (Å²) in [6, 6.07) is 19.5. The van der Waals surface area contributed by atoms with Gasteiger partial charge >= 0.3 is 0 Å². The van der Waals surface area contributed by atoms with Gasteiger partial charge in [-0.3, -0.25) is 9.89 Å². The van der Waals surface area contributed by atoms with Gasteiger partial charge < -0.3 is 16.0 Å². The first-order valence-corrected chi connectivity index (χ1v) is 7.29. The molecule has 2 aromatic carbocycles. The van der Waals surface area contributed by atoms with Gasteiger partial charge in [0.2, 0.25) is 5.95 Å². The van der Waals surface area contributed by atoms with Crippen LogP contribution in [0.15, 0.2) is 66.9 Å². The van der Waals surface area contributed by atoms with Gasteiger partial charge in [0.15, 0.2) is 0 Å². The molecule has 0 aliphatic rings. The average Bonchev–Trinajstić information content (AvgIpc) is 3.25. The summed E-state index contributed by atoms with van der Waals surface area (Å²) >= 11 is 0. The molecule has 0 aliphatic heterocycles. The van der Waals surface area contributed by atoms with Crippen LogP contribution in [0.2, 0.25) is 0 Å². The van der Waals surface area contributed by atoms with Gasteiger partial charge in [-0.05, 0) is 30.3 Å². The lowest BCUT2D eigenvalue weighted by molar-refractivity contribution is 0.0995. The molecule has 0 aliphatic carbocycles. The number of hydrogen-bond acceptors (Lipinski definition) is 4. The van der Waals surface area contributed by atoms with Crippen LogP contribution in [0.3, 0.4) is 0 Å². The Morgan fingerprint density at radius 2 is 1.75 bits per heavy atom. The fourth-order valence-electron chi connectivity index (χ4n) is 2.07. The molecule has 0 saturated carbocycles. The topological polar surface area (TPSA) is 112 Å². The minimum Gasteiger partial charge on any atom is -0.364 e. The van der Waals surface area contributed by atoms with Gasteiger partial charge in [0.1, 0.15) is 5.69 Å². The number of imidazole rings is 1. The van der Waals surface area contributed by atoms with E-state index in [0.717, 1.165) is 22.7 Å². The molecule has 0 atom stereocenters. The third kappa shape index (κ3) is 3.77. The summed E-state index contributed by atoms with van der Waals surface area (Å²) in [7, 11) is 0. The molecule has 7 heteroatoms. The van der Waals surface area contributed by atoms with E-state index in [2.05, 4.69) is 25.5 Å². The van der Waals surface area contributed by atoms with Crippen LogP contribution in [0, 0.1) is 0 Å². The van der Waals surface area contributed by atoms with Gasteiger partial charge in [-0.25, -0.2) is 4.98 Å². The van der Waals surface area contributed by atoms with E-state index in [0.29, 0.717) is 0 Å². The summed E-state index contributed by atoms with van der Waals surface area (Å²) in [5, 5.41) is 9.20. The van der Waals surface area contributed by atoms with Crippen LogP contribution in [-0.2, 0) is 0 Å². The number of nitrogens with two attached hydrogens (primary N) is 1. The number of carbonyl (C=O) groups excluding carboxylic acids is 1. The van der Waals surface area contributed by atoms with Crippen molar-refractivity contribution in [1.82, 2.24) is 20.2 Å². The molecule has 4 rings (SSSR count). The summed E-state index contributed by atoms with van der Waals surface area (Å²) < 4.78 is 0. The van der Waals surface area contributed by atoms with Gasteiger partial charge in [0, 0.05) is 11.9 Å². The fourth-order valence-corrected chi connectivity index (χ4v) is 2.07. The summed E-state index contributed by atoms with van der Waals surface area (Å²) in [6.07, 6.45) is 1.54. The molecule has 0 bridgehead atoms. The number of rotatable bonds is 3. The van der Waals surface area contributed by atoms with E-state index in [1.165, 1.54) is 6.07 Å². The first-order chi connectivity index (χ1) is 11.7. The maximum absolute atomic E-state index is 10.2. The van der Waals surface area contributed by atoms with Crippen LogP contribution in [-0.4, -0.2) is 26.1 Å². The molecule has 120 valence electrons. The minimum absolute atomic E-state index is 0.269. The minimum atomic E-state index is -0.508. The van der Waals surface area contributed by atoms with Crippen LogP contribution in [0.5, 0.6) is 0 Å². The predicted octanol–water partition coefficient (Wildman–Crippen LogP) is 2.82. The van der Waals surface area contributed by atoms with Crippen molar-refractivity contribution < 1.29 is 4.79 Å². The maximum atomic E-state index is 10.2. The number of primary amides is 1. The smallest absolute Gasteiger partial charge is 0.269 e. The van der Waals surface area contributed by atoms with E-state index in [4.69, 9.17) is 5.73 Å². The summed E-state index contributed by atoms with van der Waals surface area (Å²) in [6.45, 7) is 0. The molecule has 2 heterocycles. The molecule has 2 aromatic heterocycles. The zero-order valence-electron chi connectivity index (χ0n) is 12.7. The van der Waals surface area contributed by atoms with Gasteiger partial charge in [-0.15, -0.1) is 0 Å². The zero-order chi connectivity index (χ0) is 16.8. The molecular formula is C17H16N6O. The van der Waals surface area contributed by atoms with Crippen molar-refractivity contribution in [3.63, 3.8) is 0 Å². The molecule has 5 N–H and O–H groups in total. The van der Waals surface area contributed by atoms with Gasteiger partial charge in [-0.1, -0.05) is 30.3 Å². The molecule has 0 unspecified atom stereocenters. The van der Waals surface area contributed by atoms with Crippen LogP contribution >= 0.6 is 0 Å². The number of hydrogen-bond donors (Lipinski definition) is 4. The first-order valence-electron chi connectivity index (χ1n) is 7.29. The zero-order valence-corrected chi connectivity index (χ0v) is 12.7. The lowest BCUT2D eigenvalue weighted by atomic mass is 10.3. The first kappa shape index (κ1) is 15.3. The molecule has 7 nitrogen and oxygen atoms in total. The molecule has 0 saturated heterocycles. The third-order valence-electron chi connectivity index (χ3n) is 3.18. The second kappa shape index (κ2) is 7.10. The Kier molecular flexibility index (Phi) is 4.52. The normalized spacial score (nSPS) is 10.0. The predicted molar refractivity (Wildman–Crippen MR) is 92.9 cm³/mol. The summed E-state index contributed by atoms with van der Waals surface area (Å²) in [4.78, 5) is 17.9. The monoisotopic (exact) mass is 320 g/mol. The second-order valence-corrected chi connectivity index (χ2v) is 4.92. The Hall–Kier alpha value is -3.61. The molecule has 0 spiro atoms. The van der Waals surface area contributed by atoms with Crippen molar-refractivity contribution in [3.8, 4) is 0 Å². The van der Waals surface area contributed by atoms with Crippen molar-refractivity contribution in [2.24, 2.45) is 5.73 Å². The summed E-state index contributed by atoms with van der Waals surface area (Å²) in [5.74, 6) is 0.263. The number of aromatic nitrogens is 4. The van der Waals surface area contributed by atoms with Gasteiger partial charge in [0.25, 0.3) is 5.91 Å². The number of fused-ring (bicyclic) bond motifs is 1. The summed E-state index contributed by atoms with van der Waals surface area (Å²) in [5.41, 5.74) is 8.15. The Morgan fingerprint density at radius 1 is 1.00 bits per heavy atom. The van der Waals surface area contributed by atoms with Crippen molar-refractivity contribution in [3.05, 3.63) is 72.6 Å². The second-order valence-electron chi connectivity index (χ2n) is 4.92. The van der Waals surface area contributed by atoms with Crippen LogP contribution < -0.4 is 11.1 Å². The van der Waals surface area contributed by atoms with E-state index in [-0.39, 0.29) is 5.69 Å². The Morgan fingerprint density at radius 3 is 2.38 bits per heavy atom. The van der Waals surface area contributed by atoms with E-state index >= 15 is 0 Å². The molecule has 4 aromatic rings. The number of H-pyrrole nitrogens is 2. The van der Waals surface area contributed by atoms with E-state index < -0.39 is 5.91 Å². The van der Waals surface area contributed by atoms with E-state index in [1.807, 2.05) is 54.6 Å². The highest BCUT2D eigenvalue weighted by Crippen LogP contribution is 2.17. The standard InChI is InChI=1S/C13H11N3.C4H5N3O/c1-2-6-10(7-3-1)14-13-15-11-8-4-5-9-12(11)16-13;5-4(8)3-1-2-6-7-3/h1-9H,(H2,14,15,16);1-2H,(H2,5,8)(H,6,7). The molecule has 0 radical (unpaired) electrons. The Balaban J connectivity index is 0.000000179. The highest BCUT2D eigenvalue weighted by atomic mass is 16.1. The number of nitrogens with one attached hydrogen (secondary N) is 3. The number of aromatic amines is 2. The SMILES string of the molecule is NC(=O)c1cc[nH]n1.c1ccc(Nc2nc3ccccc3[nH]2)cc1. The molecule has 24 heavy (non-hydrogen) atoms. The lowest BCUT2D eigenvalue weighted by Crippen LogP contribution is -2.10. The molecule has 0 fully saturated rings. The number of benzene rings is 2. The van der Waals surface area contributed by atoms with E-state index in [1.54, 1.807) is 6.20 Å². The van der Waals surface area contributed by atoms with Crippen molar-refractivity contribution in [2.75, 3.05) is 5.32 Å². The van der Waals surface area contributed by atoms with Crippen LogP contribution in [0.25, 0.3) is 11.0 Å². The Bertz CT molecular complexity index is 882. The highest BCUT2D eigenvalue weighted by molar-refractivity contribution is 5.90. The number of anilines is 2. The van der Waals surface area contributed by atoms with Crippen LogP contribution in [0.1, 0.15) is 10.5 Å². The quantitative estimate of drug-likeness (QED) is 0.465. The number of amides is 1. The average molecular weight is 320 g/mol. The maximum Gasteiger partial charge on any atom is 0.269 e. The fraction of sp³-hybridized carbons (Fsp3) is 0. The van der Waals surface area contributed by atoms with Crippen LogP contribution in [0.4, 0.5) is 11.6 Å². The largest absolute Gasteiger partial charge is 0.364 e. The molecule has 1 amide bonds. The van der Waals surface area contributed by atoms with Crippen molar-refractivity contribution in [2.45, 2.75) is 0 Å². The Labute approximate surface area is 137 Å². The lowest BCUT2D eigenvalue weighted by Gasteiger charge is -2.00.